The Labute approximate surface area is 91.5 Å². The van der Waals surface area contributed by atoms with Crippen molar-refractivity contribution >= 4 is 0 Å². The van der Waals surface area contributed by atoms with E-state index in [1.54, 1.807) is 0 Å². The van der Waals surface area contributed by atoms with Gasteiger partial charge in [0.1, 0.15) is 12.7 Å². The molecule has 0 aromatic carbocycles. The van der Waals surface area contributed by atoms with Crippen LogP contribution in [0.1, 0.15) is 40.5 Å². The average molecular weight is 218 g/mol. The number of fused-ring (bicyclic) bond motifs is 1. The van der Waals surface area contributed by atoms with E-state index in [9.17, 15) is 5.11 Å². The molecule has 2 fully saturated rings. The summed E-state index contributed by atoms with van der Waals surface area (Å²) < 4.78 is 16.7. The first kappa shape index (κ1) is 12.9. The zero-order chi connectivity index (χ0) is 11.5. The van der Waals surface area contributed by atoms with E-state index < -0.39 is 11.6 Å². The first-order valence-electron chi connectivity index (χ1n) is 5.71. The highest BCUT2D eigenvalue weighted by atomic mass is 16.8. The third-order valence-electron chi connectivity index (χ3n) is 2.51. The highest BCUT2D eigenvalue weighted by molar-refractivity contribution is 4.91. The van der Waals surface area contributed by atoms with Crippen molar-refractivity contribution in [1.82, 2.24) is 0 Å². The van der Waals surface area contributed by atoms with Crippen molar-refractivity contribution in [3.8, 4) is 0 Å². The van der Waals surface area contributed by atoms with Gasteiger partial charge in [-0.15, -0.1) is 0 Å². The summed E-state index contributed by atoms with van der Waals surface area (Å²) >= 11 is 0. The molecule has 4 nitrogen and oxygen atoms in total. The molecule has 2 aliphatic heterocycles. The summed E-state index contributed by atoms with van der Waals surface area (Å²) in [6, 6.07) is 0. The normalized spacial score (nSPS) is 37.8. The summed E-state index contributed by atoms with van der Waals surface area (Å²) in [7, 11) is 0. The summed E-state index contributed by atoms with van der Waals surface area (Å²) in [5, 5.41) is 9.25. The number of aliphatic hydroxyl groups excluding tert-OH is 1. The Hall–Kier alpha value is -0.160. The molecular formula is C11H22O4. The lowest BCUT2D eigenvalue weighted by molar-refractivity contribution is -0.278. The van der Waals surface area contributed by atoms with Crippen LogP contribution in [0.15, 0.2) is 0 Å². The largest absolute Gasteiger partial charge is 0.391 e. The maximum Gasteiger partial charge on any atom is 0.221 e. The minimum Gasteiger partial charge on any atom is -0.391 e. The molecule has 15 heavy (non-hydrogen) atoms. The van der Waals surface area contributed by atoms with Gasteiger partial charge in [-0.1, -0.05) is 13.8 Å². The predicted molar refractivity (Wildman–Crippen MR) is 56.4 cm³/mol. The van der Waals surface area contributed by atoms with Crippen LogP contribution in [0.5, 0.6) is 0 Å². The first-order valence-corrected chi connectivity index (χ1v) is 5.71. The van der Waals surface area contributed by atoms with E-state index in [2.05, 4.69) is 0 Å². The first-order chi connectivity index (χ1) is 7.08. The van der Waals surface area contributed by atoms with Crippen LogP contribution in [0.4, 0.5) is 0 Å². The molecule has 4 heteroatoms. The molecule has 2 aliphatic rings. The van der Waals surface area contributed by atoms with E-state index in [1.807, 2.05) is 27.7 Å². The lowest BCUT2D eigenvalue weighted by atomic mass is 10.0. The van der Waals surface area contributed by atoms with E-state index in [-0.39, 0.29) is 12.7 Å². The number of aliphatic hydroxyl groups is 1. The Bertz CT molecular complexity index is 205. The van der Waals surface area contributed by atoms with Gasteiger partial charge in [-0.25, -0.2) is 0 Å². The van der Waals surface area contributed by atoms with Gasteiger partial charge in [0.05, 0.1) is 6.61 Å². The zero-order valence-electron chi connectivity index (χ0n) is 10.1. The lowest BCUT2D eigenvalue weighted by Crippen LogP contribution is -2.49. The highest BCUT2D eigenvalue weighted by Gasteiger charge is 2.55. The van der Waals surface area contributed by atoms with Crippen molar-refractivity contribution in [2.45, 2.75) is 58.2 Å². The third kappa shape index (κ3) is 2.50. The van der Waals surface area contributed by atoms with E-state index in [0.717, 1.165) is 12.8 Å². The third-order valence-corrected chi connectivity index (χ3v) is 2.51. The summed E-state index contributed by atoms with van der Waals surface area (Å²) in [6.07, 6.45) is 1.73. The highest BCUT2D eigenvalue weighted by Crippen LogP contribution is 2.41. The van der Waals surface area contributed by atoms with E-state index >= 15 is 0 Å². The average Bonchev–Trinajstić information content (AvgIpc) is 2.51. The fraction of sp³-hybridized carbons (Fsp3) is 1.00. The van der Waals surface area contributed by atoms with Gasteiger partial charge < -0.3 is 19.3 Å². The maximum absolute atomic E-state index is 9.25. The standard InChI is InChI=1S/C9H16O4.C2H6/c1-8(2)12-7-4-3-5-11-9(7,6-10)13-8;1-2/h7,10H,3-6H2,1-2H3;1-2H3/t7-,9-;/m0./s1. The van der Waals surface area contributed by atoms with Gasteiger partial charge in [0.2, 0.25) is 5.79 Å². The molecule has 1 N–H and O–H groups in total. The van der Waals surface area contributed by atoms with Crippen LogP contribution in [0.25, 0.3) is 0 Å². The Morgan fingerprint density at radius 2 is 2.00 bits per heavy atom. The number of hydrogen-bond acceptors (Lipinski definition) is 4. The molecule has 2 rings (SSSR count). The van der Waals surface area contributed by atoms with Crippen LogP contribution >= 0.6 is 0 Å². The fourth-order valence-corrected chi connectivity index (χ4v) is 2.03. The van der Waals surface area contributed by atoms with Crippen LogP contribution in [0, 0.1) is 0 Å². The molecule has 0 aromatic rings. The Morgan fingerprint density at radius 3 is 2.53 bits per heavy atom. The molecule has 90 valence electrons. The van der Waals surface area contributed by atoms with Gasteiger partial charge in [0.25, 0.3) is 0 Å². The van der Waals surface area contributed by atoms with E-state index in [0.29, 0.717) is 6.61 Å². The van der Waals surface area contributed by atoms with Crippen molar-refractivity contribution < 1.29 is 19.3 Å². The molecule has 0 aromatic heterocycles. The summed E-state index contributed by atoms with van der Waals surface area (Å²) in [5.74, 6) is -1.54. The molecular weight excluding hydrogens is 196 g/mol. The Morgan fingerprint density at radius 1 is 1.33 bits per heavy atom. The van der Waals surface area contributed by atoms with Gasteiger partial charge in [-0.3, -0.25) is 0 Å². The molecule has 2 heterocycles. The second-order valence-electron chi connectivity index (χ2n) is 4.07. The molecule has 0 amide bonds. The van der Waals surface area contributed by atoms with E-state index in [4.69, 9.17) is 14.2 Å². The minimum absolute atomic E-state index is 0.124. The predicted octanol–water partition coefficient (Wildman–Crippen LogP) is 1.66. The van der Waals surface area contributed by atoms with Crippen molar-refractivity contribution in [2.75, 3.05) is 13.2 Å². The zero-order valence-corrected chi connectivity index (χ0v) is 10.1. The fourth-order valence-electron chi connectivity index (χ4n) is 2.03. The number of rotatable bonds is 1. The van der Waals surface area contributed by atoms with Crippen molar-refractivity contribution in [1.29, 1.82) is 0 Å². The van der Waals surface area contributed by atoms with Gasteiger partial charge in [0.15, 0.2) is 5.79 Å². The van der Waals surface area contributed by atoms with Crippen LogP contribution in [0.2, 0.25) is 0 Å². The molecule has 0 unspecified atom stereocenters. The van der Waals surface area contributed by atoms with E-state index in [1.165, 1.54) is 0 Å². The van der Waals surface area contributed by atoms with Crippen LogP contribution < -0.4 is 0 Å². The van der Waals surface area contributed by atoms with Gasteiger partial charge in [-0.2, -0.15) is 0 Å². The lowest BCUT2D eigenvalue weighted by Gasteiger charge is -2.34. The molecule has 2 saturated heterocycles. The van der Waals surface area contributed by atoms with Crippen LogP contribution in [-0.4, -0.2) is 36.0 Å². The second-order valence-corrected chi connectivity index (χ2v) is 4.07. The van der Waals surface area contributed by atoms with Crippen molar-refractivity contribution in [3.63, 3.8) is 0 Å². The molecule has 2 atom stereocenters. The summed E-state index contributed by atoms with van der Waals surface area (Å²) in [5.41, 5.74) is 0. The Balaban J connectivity index is 0.000000531. The summed E-state index contributed by atoms with van der Waals surface area (Å²) in [6.45, 7) is 8.18. The SMILES string of the molecule is CC.CC1(C)O[C@H]2CCCO[C@@]2(CO)O1. The van der Waals surface area contributed by atoms with Crippen molar-refractivity contribution in [3.05, 3.63) is 0 Å². The number of hydrogen-bond donors (Lipinski definition) is 1. The van der Waals surface area contributed by atoms with Crippen LogP contribution in [-0.2, 0) is 14.2 Å². The molecule has 0 saturated carbocycles. The summed E-state index contributed by atoms with van der Waals surface area (Å²) in [4.78, 5) is 0. The van der Waals surface area contributed by atoms with Gasteiger partial charge in [0, 0.05) is 0 Å². The number of ether oxygens (including phenoxy) is 3. The topological polar surface area (TPSA) is 47.9 Å². The van der Waals surface area contributed by atoms with Crippen molar-refractivity contribution in [2.24, 2.45) is 0 Å². The monoisotopic (exact) mass is 218 g/mol. The smallest absolute Gasteiger partial charge is 0.221 e. The Kier molecular flexibility index (Phi) is 4.12. The molecule has 0 bridgehead atoms. The van der Waals surface area contributed by atoms with Gasteiger partial charge in [-0.05, 0) is 26.7 Å². The minimum atomic E-state index is -0.901. The molecule has 0 aliphatic carbocycles. The maximum atomic E-state index is 9.25. The second kappa shape index (κ2) is 4.78. The van der Waals surface area contributed by atoms with Gasteiger partial charge >= 0.3 is 0 Å². The van der Waals surface area contributed by atoms with Crippen LogP contribution in [0.3, 0.4) is 0 Å². The quantitative estimate of drug-likeness (QED) is 0.727. The molecule has 0 radical (unpaired) electrons. The molecule has 0 spiro atoms.